The number of carbonyl (C=O) groups is 1. The maximum atomic E-state index is 11.5. The van der Waals surface area contributed by atoms with Crippen LogP contribution in [0, 0.1) is 0 Å². The van der Waals surface area contributed by atoms with Gasteiger partial charge in [0.1, 0.15) is 0 Å². The lowest BCUT2D eigenvalue weighted by Gasteiger charge is -2.14. The molecule has 0 unspecified atom stereocenters. The quantitative estimate of drug-likeness (QED) is 0.802. The second-order valence-electron chi connectivity index (χ2n) is 4.08. The molecule has 0 radical (unpaired) electrons. The van der Waals surface area contributed by atoms with Crippen molar-refractivity contribution in [2.45, 2.75) is 12.5 Å². The van der Waals surface area contributed by atoms with Gasteiger partial charge >= 0.3 is 5.97 Å². The summed E-state index contributed by atoms with van der Waals surface area (Å²) in [7, 11) is 1.39. The summed E-state index contributed by atoms with van der Waals surface area (Å²) < 4.78 is 4.73. The van der Waals surface area contributed by atoms with Gasteiger partial charge in [-0.1, -0.05) is 18.2 Å². The van der Waals surface area contributed by atoms with Gasteiger partial charge in [-0.25, -0.2) is 4.79 Å². The minimum absolute atomic E-state index is 0. The number of methoxy groups -OCH3 is 1. The molecule has 2 heterocycles. The molecule has 3 rings (SSSR count). The van der Waals surface area contributed by atoms with E-state index < -0.39 is 6.04 Å². The highest BCUT2D eigenvalue weighted by atomic mass is 35.5. The van der Waals surface area contributed by atoms with E-state index in [1.165, 1.54) is 7.11 Å². The molecule has 5 heteroatoms. The molecule has 0 bridgehead atoms. The lowest BCUT2D eigenvalue weighted by atomic mass is 10.0. The van der Waals surface area contributed by atoms with Gasteiger partial charge in [-0.05, 0) is 11.6 Å². The Balaban J connectivity index is 0.00000120. The number of carbonyl (C=O) groups excluding carboxylic acids is 1. The molecule has 4 nitrogen and oxygen atoms in total. The molecule has 1 aliphatic heterocycles. The van der Waals surface area contributed by atoms with Crippen LogP contribution in [0.4, 0.5) is 0 Å². The Bertz CT molecular complexity index is 618. The number of ether oxygens (including phenoxy) is 1. The number of aliphatic imine (C=N–C) groups is 1. The Labute approximate surface area is 110 Å². The zero-order valence-corrected chi connectivity index (χ0v) is 10.7. The summed E-state index contributed by atoms with van der Waals surface area (Å²) in [4.78, 5) is 19.0. The zero-order valence-electron chi connectivity index (χ0n) is 9.84. The van der Waals surface area contributed by atoms with E-state index in [1.54, 1.807) is 6.21 Å². The van der Waals surface area contributed by atoms with Crippen LogP contribution < -0.4 is 0 Å². The SMILES string of the molecule is COC(=O)[C@@H]1Cc2c([nH]c3ccccc23)C=N1.Cl. The molecule has 2 aromatic rings. The molecule has 1 aromatic heterocycles. The van der Waals surface area contributed by atoms with Gasteiger partial charge in [0, 0.05) is 23.5 Å². The van der Waals surface area contributed by atoms with Crippen molar-refractivity contribution in [2.24, 2.45) is 4.99 Å². The molecule has 0 saturated heterocycles. The number of rotatable bonds is 1. The third-order valence-electron chi connectivity index (χ3n) is 3.10. The average Bonchev–Trinajstić information content (AvgIpc) is 2.75. The first kappa shape index (κ1) is 12.6. The molecule has 1 atom stereocenters. The zero-order chi connectivity index (χ0) is 11.8. The highest BCUT2D eigenvalue weighted by molar-refractivity contribution is 5.96. The average molecular weight is 265 g/mol. The smallest absolute Gasteiger partial charge is 0.330 e. The molecule has 1 aromatic carbocycles. The number of fused-ring (bicyclic) bond motifs is 3. The van der Waals surface area contributed by atoms with Crippen LogP contribution in [0.2, 0.25) is 0 Å². The fourth-order valence-corrected chi connectivity index (χ4v) is 2.24. The molecular formula is C13H13ClN2O2. The molecule has 18 heavy (non-hydrogen) atoms. The van der Waals surface area contributed by atoms with E-state index in [1.807, 2.05) is 18.2 Å². The van der Waals surface area contributed by atoms with Gasteiger partial charge in [-0.15, -0.1) is 12.4 Å². The van der Waals surface area contributed by atoms with Crippen LogP contribution in [-0.4, -0.2) is 30.3 Å². The lowest BCUT2D eigenvalue weighted by Crippen LogP contribution is -2.25. The topological polar surface area (TPSA) is 54.5 Å². The number of nitrogens with one attached hydrogen (secondary N) is 1. The van der Waals surface area contributed by atoms with Crippen molar-refractivity contribution in [3.63, 3.8) is 0 Å². The Morgan fingerprint density at radius 1 is 1.44 bits per heavy atom. The second-order valence-corrected chi connectivity index (χ2v) is 4.08. The van der Waals surface area contributed by atoms with Gasteiger partial charge in [0.05, 0.1) is 12.8 Å². The minimum Gasteiger partial charge on any atom is -0.467 e. The van der Waals surface area contributed by atoms with Crippen LogP contribution in [0.25, 0.3) is 10.9 Å². The summed E-state index contributed by atoms with van der Waals surface area (Å²) in [6.45, 7) is 0. The number of para-hydroxylation sites is 1. The van der Waals surface area contributed by atoms with Crippen LogP contribution in [0.3, 0.4) is 0 Å². The molecular weight excluding hydrogens is 252 g/mol. The summed E-state index contributed by atoms with van der Waals surface area (Å²) in [6, 6.07) is 7.65. The normalized spacial score (nSPS) is 17.1. The first-order valence-electron chi connectivity index (χ1n) is 5.50. The number of halogens is 1. The number of nitrogens with zero attached hydrogens (tertiary/aromatic N) is 1. The van der Waals surface area contributed by atoms with E-state index in [0.717, 1.165) is 22.2 Å². The van der Waals surface area contributed by atoms with Crippen LogP contribution in [-0.2, 0) is 16.0 Å². The standard InChI is InChI=1S/C13H12N2O2.ClH/c1-17-13(16)11-6-9-8-4-2-3-5-10(8)15-12(9)7-14-11;/h2-5,7,11,15H,6H2,1H3;1H/t11-;/m0./s1. The predicted molar refractivity (Wildman–Crippen MR) is 72.6 cm³/mol. The summed E-state index contributed by atoms with van der Waals surface area (Å²) in [5.41, 5.74) is 3.21. The predicted octanol–water partition coefficient (Wildman–Crippen LogP) is 2.11. The van der Waals surface area contributed by atoms with Crippen LogP contribution >= 0.6 is 12.4 Å². The highest BCUT2D eigenvalue weighted by Gasteiger charge is 2.25. The van der Waals surface area contributed by atoms with Crippen LogP contribution in [0.15, 0.2) is 29.3 Å². The van der Waals surface area contributed by atoms with E-state index in [4.69, 9.17) is 4.74 Å². The minimum atomic E-state index is -0.410. The van der Waals surface area contributed by atoms with E-state index in [-0.39, 0.29) is 18.4 Å². The summed E-state index contributed by atoms with van der Waals surface area (Å²) >= 11 is 0. The van der Waals surface area contributed by atoms with Gasteiger partial charge in [-0.3, -0.25) is 4.99 Å². The van der Waals surface area contributed by atoms with Crippen molar-refractivity contribution in [3.05, 3.63) is 35.5 Å². The van der Waals surface area contributed by atoms with Crippen LogP contribution in [0.1, 0.15) is 11.3 Å². The van der Waals surface area contributed by atoms with E-state index >= 15 is 0 Å². The molecule has 0 saturated carbocycles. The first-order chi connectivity index (χ1) is 8.29. The van der Waals surface area contributed by atoms with Gasteiger partial charge in [0.2, 0.25) is 0 Å². The maximum absolute atomic E-state index is 11.5. The third kappa shape index (κ3) is 1.88. The Kier molecular flexibility index (Phi) is 3.39. The first-order valence-corrected chi connectivity index (χ1v) is 5.50. The van der Waals surface area contributed by atoms with E-state index in [9.17, 15) is 4.79 Å². The summed E-state index contributed by atoms with van der Waals surface area (Å²) in [5.74, 6) is -0.280. The number of aromatic nitrogens is 1. The number of hydrogen-bond acceptors (Lipinski definition) is 3. The van der Waals surface area contributed by atoms with Crippen molar-refractivity contribution >= 4 is 35.5 Å². The Morgan fingerprint density at radius 2 is 2.22 bits per heavy atom. The molecule has 0 spiro atoms. The lowest BCUT2D eigenvalue weighted by molar-refractivity contribution is -0.142. The van der Waals surface area contributed by atoms with Gasteiger partial charge in [0.25, 0.3) is 0 Å². The van der Waals surface area contributed by atoms with Crippen molar-refractivity contribution in [1.82, 2.24) is 4.98 Å². The summed E-state index contributed by atoms with van der Waals surface area (Å²) in [6.07, 6.45) is 2.32. The van der Waals surface area contributed by atoms with Crippen molar-refractivity contribution in [1.29, 1.82) is 0 Å². The van der Waals surface area contributed by atoms with Crippen LogP contribution in [0.5, 0.6) is 0 Å². The molecule has 1 N–H and O–H groups in total. The Hall–Kier alpha value is -1.81. The van der Waals surface area contributed by atoms with Crippen molar-refractivity contribution in [3.8, 4) is 0 Å². The van der Waals surface area contributed by atoms with E-state index in [2.05, 4.69) is 16.0 Å². The molecule has 0 amide bonds. The second kappa shape index (κ2) is 4.82. The number of H-pyrrole nitrogens is 1. The van der Waals surface area contributed by atoms with Crippen molar-refractivity contribution in [2.75, 3.05) is 7.11 Å². The number of hydrogen-bond donors (Lipinski definition) is 1. The van der Waals surface area contributed by atoms with E-state index in [0.29, 0.717) is 6.42 Å². The number of esters is 1. The third-order valence-corrected chi connectivity index (χ3v) is 3.10. The van der Waals surface area contributed by atoms with Gasteiger partial charge in [0.15, 0.2) is 6.04 Å². The number of aromatic amines is 1. The van der Waals surface area contributed by atoms with Gasteiger partial charge in [-0.2, -0.15) is 0 Å². The monoisotopic (exact) mass is 264 g/mol. The number of benzene rings is 1. The fourth-order valence-electron chi connectivity index (χ4n) is 2.24. The molecule has 94 valence electrons. The molecule has 0 fully saturated rings. The molecule has 1 aliphatic rings. The largest absolute Gasteiger partial charge is 0.467 e. The fraction of sp³-hybridized carbons (Fsp3) is 0.231. The van der Waals surface area contributed by atoms with Gasteiger partial charge < -0.3 is 9.72 Å². The maximum Gasteiger partial charge on any atom is 0.330 e. The molecule has 0 aliphatic carbocycles. The van der Waals surface area contributed by atoms with Crippen molar-refractivity contribution < 1.29 is 9.53 Å². The summed E-state index contributed by atoms with van der Waals surface area (Å²) in [5, 5.41) is 1.16. The Morgan fingerprint density at radius 3 is 3.00 bits per heavy atom. The highest BCUT2D eigenvalue weighted by Crippen LogP contribution is 2.26.